The lowest BCUT2D eigenvalue weighted by Crippen LogP contribution is -2.66. The standard InChI is InChI=1S/C28H34ClN3O10/c1-32(19-10-30-20(13-5-3-2-4-6-13)15-9-14(29)7-8-16(15)31-19)27-24(38)23(37)26(18(12-34)40-27)42-28-25(39)22(36)21(35)17(11-33)41-28/h2-9,17-18,21-28,33-39H,10-12H2,1H3/p+1. The Kier molecular flexibility index (Phi) is 9.56. The molecule has 0 bridgehead atoms. The van der Waals surface area contributed by atoms with Gasteiger partial charge >= 0.3 is 0 Å². The molecule has 10 unspecified atom stereocenters. The van der Waals surface area contributed by atoms with Gasteiger partial charge in [-0.2, -0.15) is 0 Å². The summed E-state index contributed by atoms with van der Waals surface area (Å²) in [5.41, 5.74) is 3.05. The second-order valence-electron chi connectivity index (χ2n) is 10.4. The number of aliphatic imine (C=N–C) groups is 1. The van der Waals surface area contributed by atoms with E-state index in [1.165, 1.54) is 0 Å². The number of anilines is 1. The number of aliphatic hydroxyl groups is 7. The molecule has 0 spiro atoms. The first-order valence-corrected chi connectivity index (χ1v) is 13.9. The summed E-state index contributed by atoms with van der Waals surface area (Å²) >= 11 is 6.31. The van der Waals surface area contributed by atoms with Crippen molar-refractivity contribution in [3.05, 3.63) is 64.7 Å². The Morgan fingerprint density at radius 1 is 0.905 bits per heavy atom. The maximum absolute atomic E-state index is 11.1. The van der Waals surface area contributed by atoms with E-state index in [2.05, 4.69) is 5.32 Å². The van der Waals surface area contributed by atoms with Gasteiger partial charge in [-0.1, -0.05) is 41.9 Å². The summed E-state index contributed by atoms with van der Waals surface area (Å²) in [5.74, 6) is 0.519. The number of likely N-dealkylation sites (N-methyl/N-ethyl adjacent to an activating group) is 1. The van der Waals surface area contributed by atoms with Crippen molar-refractivity contribution >= 4 is 28.8 Å². The summed E-state index contributed by atoms with van der Waals surface area (Å²) in [6.45, 7) is -1.18. The normalized spacial score (nSPS) is 36.4. The molecular formula is C28H35ClN3O10+. The summed E-state index contributed by atoms with van der Waals surface area (Å²) in [6.07, 6.45) is -14.9. The third kappa shape index (κ3) is 5.96. The van der Waals surface area contributed by atoms with E-state index in [0.29, 0.717) is 22.3 Å². The van der Waals surface area contributed by atoms with Crippen molar-refractivity contribution in [3.63, 3.8) is 0 Å². The first kappa shape index (κ1) is 30.9. The highest BCUT2D eigenvalue weighted by Crippen LogP contribution is 2.30. The summed E-state index contributed by atoms with van der Waals surface area (Å²) in [7, 11) is 1.63. The van der Waals surface area contributed by atoms with Gasteiger partial charge in [-0.25, -0.2) is 9.89 Å². The molecule has 13 nitrogen and oxygen atoms in total. The van der Waals surface area contributed by atoms with Crippen molar-refractivity contribution in [2.45, 2.75) is 61.3 Å². The van der Waals surface area contributed by atoms with Crippen molar-refractivity contribution in [1.29, 1.82) is 0 Å². The van der Waals surface area contributed by atoms with Gasteiger partial charge in [0.25, 0.3) is 5.84 Å². The Hall–Kier alpha value is -2.53. The number of benzodiazepines with no additional fused rings is 1. The quantitative estimate of drug-likeness (QED) is 0.173. The number of benzene rings is 2. The number of nitrogens with zero attached hydrogens (tertiary/aromatic N) is 2. The van der Waals surface area contributed by atoms with E-state index in [9.17, 15) is 35.7 Å². The van der Waals surface area contributed by atoms with Crippen molar-refractivity contribution in [1.82, 2.24) is 0 Å². The van der Waals surface area contributed by atoms with E-state index in [-0.39, 0.29) is 6.54 Å². The minimum atomic E-state index is -1.75. The molecule has 42 heavy (non-hydrogen) atoms. The maximum atomic E-state index is 11.1. The van der Waals surface area contributed by atoms with Gasteiger partial charge in [0.1, 0.15) is 61.1 Å². The number of nitrogens with one attached hydrogen (secondary N) is 1. The monoisotopic (exact) mass is 608 g/mol. The van der Waals surface area contributed by atoms with Gasteiger partial charge in [-0.05, 0) is 18.2 Å². The van der Waals surface area contributed by atoms with Crippen LogP contribution in [0.25, 0.3) is 0 Å². The predicted octanol–water partition coefficient (Wildman–Crippen LogP) is -1.73. The summed E-state index contributed by atoms with van der Waals surface area (Å²) < 4.78 is 18.6. The highest BCUT2D eigenvalue weighted by atomic mass is 35.5. The van der Waals surface area contributed by atoms with Crippen LogP contribution in [0, 0.1) is 0 Å². The Morgan fingerprint density at radius 2 is 1.62 bits per heavy atom. The molecule has 0 radical (unpaired) electrons. The molecule has 3 aliphatic rings. The number of halogens is 1. The van der Waals surface area contributed by atoms with Crippen LogP contribution in [0.4, 0.5) is 5.69 Å². The van der Waals surface area contributed by atoms with Gasteiger partial charge in [0.15, 0.2) is 6.29 Å². The van der Waals surface area contributed by atoms with Gasteiger partial charge in [0, 0.05) is 16.1 Å². The Morgan fingerprint density at radius 3 is 2.31 bits per heavy atom. The number of amidine groups is 1. The third-order valence-corrected chi connectivity index (χ3v) is 7.97. The number of aliphatic hydroxyl groups excluding tert-OH is 7. The summed E-state index contributed by atoms with van der Waals surface area (Å²) in [5, 5.41) is 76.2. The third-order valence-electron chi connectivity index (χ3n) is 7.74. The van der Waals surface area contributed by atoms with Gasteiger partial charge in [-0.15, -0.1) is 0 Å². The largest absolute Gasteiger partial charge is 0.394 e. The van der Waals surface area contributed by atoms with Gasteiger partial charge in [0.05, 0.1) is 26.0 Å². The van der Waals surface area contributed by atoms with Crippen LogP contribution in [-0.2, 0) is 14.2 Å². The van der Waals surface area contributed by atoms with Crippen LogP contribution in [0.15, 0.2) is 53.5 Å². The number of fused-ring (bicyclic) bond motifs is 1. The molecule has 10 atom stereocenters. The molecule has 2 saturated heterocycles. The van der Waals surface area contributed by atoms with Crippen molar-refractivity contribution in [3.8, 4) is 0 Å². The Bertz CT molecular complexity index is 1310. The van der Waals surface area contributed by atoms with Crippen LogP contribution in [-0.4, -0.2) is 140 Å². The summed E-state index contributed by atoms with van der Waals surface area (Å²) in [6, 6.07) is 14.9. The minimum absolute atomic E-state index is 0.143. The van der Waals surface area contributed by atoms with Gasteiger partial charge < -0.3 is 50.0 Å². The molecule has 2 aromatic carbocycles. The molecule has 0 aromatic heterocycles. The Labute approximate surface area is 246 Å². The van der Waals surface area contributed by atoms with E-state index >= 15 is 0 Å². The zero-order valence-corrected chi connectivity index (χ0v) is 23.4. The smallest absolute Gasteiger partial charge is 0.273 e. The fraction of sp³-hybridized carbons (Fsp3) is 0.500. The number of ether oxygens (including phenoxy) is 3. The predicted molar refractivity (Wildman–Crippen MR) is 150 cm³/mol. The number of hydrogen-bond acceptors (Lipinski definition) is 11. The van der Waals surface area contributed by atoms with Crippen molar-refractivity contribution in [2.24, 2.45) is 4.99 Å². The minimum Gasteiger partial charge on any atom is -0.394 e. The van der Waals surface area contributed by atoms with E-state index in [1.807, 2.05) is 36.4 Å². The second kappa shape index (κ2) is 13.0. The molecule has 2 fully saturated rings. The van der Waals surface area contributed by atoms with Crippen molar-refractivity contribution in [2.75, 3.05) is 32.1 Å². The first-order chi connectivity index (χ1) is 20.1. The molecule has 3 aliphatic heterocycles. The van der Waals surface area contributed by atoms with Crippen LogP contribution in [0.1, 0.15) is 11.1 Å². The molecule has 0 saturated carbocycles. The fourth-order valence-corrected chi connectivity index (χ4v) is 5.51. The van der Waals surface area contributed by atoms with Gasteiger partial charge in [-0.3, -0.25) is 4.99 Å². The van der Waals surface area contributed by atoms with Crippen molar-refractivity contribution < 1.29 is 54.5 Å². The molecule has 2 aromatic rings. The zero-order chi connectivity index (χ0) is 30.1. The summed E-state index contributed by atoms with van der Waals surface area (Å²) in [4.78, 5) is 4.82. The van der Waals surface area contributed by atoms with E-state index in [4.69, 9.17) is 30.8 Å². The SMILES string of the molecule is C[N+](=C1CN=C(c2ccccc2)c2cc(Cl)ccc2N1)C1OC(CO)C(OC2OC(CO)C(O)C(O)C2O)C(O)C1O. The molecule has 0 amide bonds. The molecule has 3 heterocycles. The van der Waals surface area contributed by atoms with Crippen LogP contribution in [0.5, 0.6) is 0 Å². The number of rotatable bonds is 6. The van der Waals surface area contributed by atoms with Gasteiger partial charge in [0.2, 0.25) is 6.23 Å². The molecule has 8 N–H and O–H groups in total. The molecular weight excluding hydrogens is 574 g/mol. The molecule has 14 heteroatoms. The first-order valence-electron chi connectivity index (χ1n) is 13.5. The zero-order valence-electron chi connectivity index (χ0n) is 22.6. The lowest BCUT2D eigenvalue weighted by molar-refractivity contribution is -0.617. The highest BCUT2D eigenvalue weighted by Gasteiger charge is 2.52. The lowest BCUT2D eigenvalue weighted by Gasteiger charge is -2.45. The average Bonchev–Trinajstić information content (AvgIpc) is 3.19. The van der Waals surface area contributed by atoms with E-state index in [1.54, 1.807) is 23.8 Å². The molecule has 5 rings (SSSR count). The average molecular weight is 609 g/mol. The second-order valence-corrected chi connectivity index (χ2v) is 10.9. The fourth-order valence-electron chi connectivity index (χ4n) is 5.34. The molecule has 0 aliphatic carbocycles. The highest BCUT2D eigenvalue weighted by molar-refractivity contribution is 6.32. The topological polar surface area (TPSA) is 197 Å². The van der Waals surface area contributed by atoms with Crippen LogP contribution < -0.4 is 5.32 Å². The molecule has 228 valence electrons. The Balaban J connectivity index is 1.41. The van der Waals surface area contributed by atoms with Crippen LogP contribution in [0.3, 0.4) is 0 Å². The van der Waals surface area contributed by atoms with E-state index in [0.717, 1.165) is 11.1 Å². The van der Waals surface area contributed by atoms with Crippen LogP contribution >= 0.6 is 11.6 Å². The number of hydrogen-bond donors (Lipinski definition) is 8. The maximum Gasteiger partial charge on any atom is 0.273 e. The van der Waals surface area contributed by atoms with E-state index < -0.39 is 74.6 Å². The lowest BCUT2D eigenvalue weighted by atomic mass is 9.96. The van der Waals surface area contributed by atoms with Crippen LogP contribution in [0.2, 0.25) is 5.02 Å².